The predicted molar refractivity (Wildman–Crippen MR) is 72.3 cm³/mol. The van der Waals surface area contributed by atoms with E-state index in [0.29, 0.717) is 6.42 Å². The van der Waals surface area contributed by atoms with Crippen molar-refractivity contribution < 1.29 is 4.79 Å². The molecular weight excluding hydrogens is 210 g/mol. The third kappa shape index (κ3) is 5.64. The Morgan fingerprint density at radius 2 is 1.94 bits per heavy atom. The molecule has 1 aromatic rings. The summed E-state index contributed by atoms with van der Waals surface area (Å²) >= 11 is 0. The van der Waals surface area contributed by atoms with Crippen molar-refractivity contribution in [1.29, 1.82) is 0 Å². The number of nitrogens with zero attached hydrogens (tertiary/aromatic N) is 1. The first-order valence-electron chi connectivity index (χ1n) is 6.32. The van der Waals surface area contributed by atoms with Gasteiger partial charge in [-0.05, 0) is 51.4 Å². The van der Waals surface area contributed by atoms with Gasteiger partial charge in [0.2, 0.25) is 0 Å². The van der Waals surface area contributed by atoms with Crippen LogP contribution in [-0.2, 0) is 11.2 Å². The average Bonchev–Trinajstić information content (AvgIpc) is 2.27. The molecule has 1 aromatic carbocycles. The number of rotatable bonds is 7. The summed E-state index contributed by atoms with van der Waals surface area (Å²) < 4.78 is 0. The molecule has 0 saturated carbocycles. The second-order valence-corrected chi connectivity index (χ2v) is 4.79. The van der Waals surface area contributed by atoms with Crippen LogP contribution in [0.25, 0.3) is 0 Å². The maximum atomic E-state index is 10.8. The largest absolute Gasteiger partial charge is 0.306 e. The first-order valence-corrected chi connectivity index (χ1v) is 6.32. The number of likely N-dealkylation sites (N-methyl/N-ethyl adjacent to an activating group) is 1. The summed E-state index contributed by atoms with van der Waals surface area (Å²) in [6, 6.07) is 8.53. The lowest BCUT2D eigenvalue weighted by molar-refractivity contribution is -0.117. The Kier molecular flexibility index (Phi) is 5.92. The average molecular weight is 233 g/mol. The molecule has 0 aliphatic carbocycles. The number of carbonyl (C=O) groups is 1. The molecular formula is C15H23NO. The van der Waals surface area contributed by atoms with Gasteiger partial charge in [0.15, 0.2) is 0 Å². The number of Topliss-reactive ketones (excluding diaryl/α,β-unsaturated/α-hetero) is 1. The van der Waals surface area contributed by atoms with Gasteiger partial charge in [0.25, 0.3) is 0 Å². The summed E-state index contributed by atoms with van der Waals surface area (Å²) in [5.41, 5.74) is 2.79. The van der Waals surface area contributed by atoms with Gasteiger partial charge in [-0.2, -0.15) is 0 Å². The highest BCUT2D eigenvalue weighted by molar-refractivity contribution is 5.75. The lowest BCUT2D eigenvalue weighted by Crippen LogP contribution is -2.23. The van der Waals surface area contributed by atoms with Crippen molar-refractivity contribution in [2.24, 2.45) is 0 Å². The molecule has 0 spiro atoms. The maximum absolute atomic E-state index is 10.8. The van der Waals surface area contributed by atoms with E-state index in [4.69, 9.17) is 0 Å². The van der Waals surface area contributed by atoms with Crippen molar-refractivity contribution >= 4 is 5.78 Å². The van der Waals surface area contributed by atoms with Gasteiger partial charge in [-0.15, -0.1) is 0 Å². The van der Waals surface area contributed by atoms with Crippen LogP contribution in [-0.4, -0.2) is 30.8 Å². The van der Waals surface area contributed by atoms with E-state index in [1.807, 2.05) is 0 Å². The molecule has 17 heavy (non-hydrogen) atoms. The highest BCUT2D eigenvalue weighted by Gasteiger charge is 2.02. The number of benzene rings is 1. The summed E-state index contributed by atoms with van der Waals surface area (Å²) in [6.07, 6.45) is 2.76. The number of hydrogen-bond donors (Lipinski definition) is 0. The molecule has 0 unspecified atom stereocenters. The molecule has 0 saturated heterocycles. The molecule has 0 aliphatic heterocycles. The van der Waals surface area contributed by atoms with Crippen LogP contribution in [0.3, 0.4) is 0 Å². The molecule has 2 nitrogen and oxygen atoms in total. The standard InChI is InChI=1S/C15H23NO/c1-13-7-4-5-9-15(13)10-12-16(3)11-6-8-14(2)17/h4-5,7,9H,6,8,10-12H2,1-3H3. The summed E-state index contributed by atoms with van der Waals surface area (Å²) in [7, 11) is 2.12. The Morgan fingerprint density at radius 1 is 1.24 bits per heavy atom. The van der Waals surface area contributed by atoms with Crippen LogP contribution < -0.4 is 0 Å². The monoisotopic (exact) mass is 233 g/mol. The van der Waals surface area contributed by atoms with E-state index in [1.165, 1.54) is 11.1 Å². The molecule has 1 rings (SSSR count). The fourth-order valence-electron chi connectivity index (χ4n) is 1.91. The third-order valence-corrected chi connectivity index (χ3v) is 3.09. The Hall–Kier alpha value is -1.15. The minimum Gasteiger partial charge on any atom is -0.306 e. The lowest BCUT2D eigenvalue weighted by atomic mass is 10.1. The predicted octanol–water partition coefficient (Wildman–Crippen LogP) is 2.84. The van der Waals surface area contributed by atoms with Gasteiger partial charge >= 0.3 is 0 Å². The number of carbonyl (C=O) groups excluding carboxylic acids is 1. The molecule has 0 aliphatic rings. The Morgan fingerprint density at radius 3 is 2.59 bits per heavy atom. The van der Waals surface area contributed by atoms with Gasteiger partial charge in [-0.25, -0.2) is 0 Å². The second kappa shape index (κ2) is 7.23. The van der Waals surface area contributed by atoms with E-state index in [2.05, 4.69) is 43.1 Å². The van der Waals surface area contributed by atoms with Crippen LogP contribution in [0.5, 0.6) is 0 Å². The Labute approximate surface area is 105 Å². The van der Waals surface area contributed by atoms with Crippen molar-refractivity contribution in [3.05, 3.63) is 35.4 Å². The summed E-state index contributed by atoms with van der Waals surface area (Å²) in [5.74, 6) is 0.289. The maximum Gasteiger partial charge on any atom is 0.129 e. The van der Waals surface area contributed by atoms with Gasteiger partial charge in [-0.3, -0.25) is 0 Å². The van der Waals surface area contributed by atoms with E-state index in [9.17, 15) is 4.79 Å². The van der Waals surface area contributed by atoms with Crippen molar-refractivity contribution in [2.45, 2.75) is 33.1 Å². The van der Waals surface area contributed by atoms with Gasteiger partial charge < -0.3 is 9.69 Å². The van der Waals surface area contributed by atoms with E-state index >= 15 is 0 Å². The highest BCUT2D eigenvalue weighted by Crippen LogP contribution is 2.08. The molecule has 0 amide bonds. The lowest BCUT2D eigenvalue weighted by Gasteiger charge is -2.16. The molecule has 0 N–H and O–H groups in total. The minimum atomic E-state index is 0.289. The quantitative estimate of drug-likeness (QED) is 0.722. The first kappa shape index (κ1) is 13.9. The number of hydrogen-bond acceptors (Lipinski definition) is 2. The third-order valence-electron chi connectivity index (χ3n) is 3.09. The summed E-state index contributed by atoms with van der Waals surface area (Å²) in [6.45, 7) is 5.88. The van der Waals surface area contributed by atoms with E-state index in [-0.39, 0.29) is 5.78 Å². The SMILES string of the molecule is CC(=O)CCCN(C)CCc1ccccc1C. The van der Waals surface area contributed by atoms with Gasteiger partial charge in [0.1, 0.15) is 5.78 Å². The van der Waals surface area contributed by atoms with Crippen LogP contribution in [0.15, 0.2) is 24.3 Å². The Bertz CT molecular complexity index is 360. The topological polar surface area (TPSA) is 20.3 Å². The van der Waals surface area contributed by atoms with E-state index in [1.54, 1.807) is 6.92 Å². The molecule has 0 aromatic heterocycles. The zero-order valence-corrected chi connectivity index (χ0v) is 11.2. The van der Waals surface area contributed by atoms with Crippen molar-refractivity contribution in [1.82, 2.24) is 4.90 Å². The normalized spacial score (nSPS) is 10.8. The molecule has 94 valence electrons. The minimum absolute atomic E-state index is 0.289. The van der Waals surface area contributed by atoms with Crippen LogP contribution >= 0.6 is 0 Å². The van der Waals surface area contributed by atoms with Crippen molar-refractivity contribution in [2.75, 3.05) is 20.1 Å². The first-order chi connectivity index (χ1) is 8.09. The molecule has 0 fully saturated rings. The number of aryl methyl sites for hydroxylation is 1. The molecule has 0 heterocycles. The van der Waals surface area contributed by atoms with Crippen molar-refractivity contribution in [3.63, 3.8) is 0 Å². The van der Waals surface area contributed by atoms with Crippen LogP contribution in [0.1, 0.15) is 30.9 Å². The number of ketones is 1. The summed E-state index contributed by atoms with van der Waals surface area (Å²) in [5, 5.41) is 0. The van der Waals surface area contributed by atoms with Gasteiger partial charge in [-0.1, -0.05) is 24.3 Å². The molecule has 0 atom stereocenters. The summed E-state index contributed by atoms with van der Waals surface area (Å²) in [4.78, 5) is 13.1. The van der Waals surface area contributed by atoms with E-state index < -0.39 is 0 Å². The smallest absolute Gasteiger partial charge is 0.129 e. The molecule has 0 bridgehead atoms. The fourth-order valence-corrected chi connectivity index (χ4v) is 1.91. The van der Waals surface area contributed by atoms with Crippen LogP contribution in [0.2, 0.25) is 0 Å². The Balaban J connectivity index is 2.26. The van der Waals surface area contributed by atoms with Gasteiger partial charge in [0.05, 0.1) is 0 Å². The highest BCUT2D eigenvalue weighted by atomic mass is 16.1. The zero-order chi connectivity index (χ0) is 12.7. The fraction of sp³-hybridized carbons (Fsp3) is 0.533. The molecule has 0 radical (unpaired) electrons. The van der Waals surface area contributed by atoms with Crippen LogP contribution in [0.4, 0.5) is 0 Å². The van der Waals surface area contributed by atoms with Crippen molar-refractivity contribution in [3.8, 4) is 0 Å². The van der Waals surface area contributed by atoms with E-state index in [0.717, 1.165) is 25.9 Å². The van der Waals surface area contributed by atoms with Gasteiger partial charge in [0, 0.05) is 13.0 Å². The molecule has 2 heteroatoms. The second-order valence-electron chi connectivity index (χ2n) is 4.79. The van der Waals surface area contributed by atoms with Crippen LogP contribution in [0, 0.1) is 6.92 Å². The zero-order valence-electron chi connectivity index (χ0n) is 11.2.